The maximum atomic E-state index is 13.1. The van der Waals surface area contributed by atoms with Crippen molar-refractivity contribution >= 4 is 22.5 Å². The number of nitrogens with zero attached hydrogens (tertiary/aromatic N) is 2. The first-order valence-electron chi connectivity index (χ1n) is 3.55. The molecule has 0 saturated carbocycles. The van der Waals surface area contributed by atoms with Gasteiger partial charge in [-0.15, -0.1) is 0 Å². The zero-order valence-corrected chi connectivity index (χ0v) is 7.32. The van der Waals surface area contributed by atoms with Crippen LogP contribution in [0.25, 0.3) is 10.9 Å². The molecule has 1 heterocycles. The van der Waals surface area contributed by atoms with E-state index in [1.807, 2.05) is 0 Å². The fraction of sp³-hybridized carbons (Fsp3) is 0. The highest BCUT2D eigenvalue weighted by Crippen LogP contribution is 2.26. The minimum absolute atomic E-state index is 0.314. The molecule has 1 aromatic heterocycles. The van der Waals surface area contributed by atoms with Crippen LogP contribution in [0.2, 0.25) is 5.15 Å². The number of fused-ring (bicyclic) bond motifs is 1. The summed E-state index contributed by atoms with van der Waals surface area (Å²) in [5.74, 6) is -3.53. The molecular weight excluding hydrogens is 217 g/mol. The van der Waals surface area contributed by atoms with Gasteiger partial charge < -0.3 is 0 Å². The third-order valence-electron chi connectivity index (χ3n) is 1.71. The van der Waals surface area contributed by atoms with Gasteiger partial charge in [0.25, 0.3) is 0 Å². The number of rotatable bonds is 0. The molecule has 0 unspecified atom stereocenters. The van der Waals surface area contributed by atoms with Crippen molar-refractivity contribution in [2.45, 2.75) is 0 Å². The lowest BCUT2D eigenvalue weighted by Crippen LogP contribution is -1.95. The molecule has 0 bridgehead atoms. The van der Waals surface area contributed by atoms with Gasteiger partial charge in [-0.25, -0.2) is 23.1 Å². The smallest absolute Gasteiger partial charge is 0.171 e. The van der Waals surface area contributed by atoms with Gasteiger partial charge in [-0.2, -0.15) is 0 Å². The maximum absolute atomic E-state index is 13.1. The molecule has 0 saturated heterocycles. The van der Waals surface area contributed by atoms with Crippen molar-refractivity contribution in [1.29, 1.82) is 0 Å². The Bertz CT molecular complexity index is 515. The average Bonchev–Trinajstić information content (AvgIpc) is 2.14. The van der Waals surface area contributed by atoms with Crippen LogP contribution in [-0.2, 0) is 0 Å². The molecule has 0 N–H and O–H groups in total. The van der Waals surface area contributed by atoms with Gasteiger partial charge in [0.05, 0.1) is 5.39 Å². The molecule has 2 rings (SSSR count). The first kappa shape index (κ1) is 9.21. The van der Waals surface area contributed by atoms with Crippen LogP contribution in [0.15, 0.2) is 12.4 Å². The molecule has 1 aromatic carbocycles. The number of benzene rings is 1. The molecule has 0 spiro atoms. The van der Waals surface area contributed by atoms with Crippen LogP contribution in [0, 0.1) is 17.5 Å². The van der Waals surface area contributed by atoms with E-state index in [4.69, 9.17) is 11.6 Å². The highest BCUT2D eigenvalue weighted by Gasteiger charge is 2.16. The summed E-state index contributed by atoms with van der Waals surface area (Å²) in [5, 5.41) is -0.752. The lowest BCUT2D eigenvalue weighted by atomic mass is 10.2. The van der Waals surface area contributed by atoms with Crippen molar-refractivity contribution in [3.8, 4) is 0 Å². The first-order valence-corrected chi connectivity index (χ1v) is 3.92. The monoisotopic (exact) mass is 218 g/mol. The Kier molecular flexibility index (Phi) is 2.03. The Morgan fingerprint density at radius 2 is 1.79 bits per heavy atom. The third-order valence-corrected chi connectivity index (χ3v) is 2.00. The van der Waals surface area contributed by atoms with Crippen LogP contribution in [0.1, 0.15) is 0 Å². The zero-order chi connectivity index (χ0) is 10.3. The summed E-state index contributed by atoms with van der Waals surface area (Å²) in [5.41, 5.74) is -0.330. The Labute approximate surface area is 81.4 Å². The van der Waals surface area contributed by atoms with Gasteiger partial charge in [0, 0.05) is 6.07 Å². The summed E-state index contributed by atoms with van der Waals surface area (Å²) in [4.78, 5) is 6.90. The van der Waals surface area contributed by atoms with E-state index < -0.39 is 22.8 Å². The molecule has 0 aliphatic heterocycles. The van der Waals surface area contributed by atoms with Crippen molar-refractivity contribution in [3.05, 3.63) is 35.0 Å². The molecule has 2 aromatic rings. The number of hydrogen-bond donors (Lipinski definition) is 0. The minimum atomic E-state index is -1.31. The normalized spacial score (nSPS) is 10.9. The second-order valence-electron chi connectivity index (χ2n) is 2.54. The SMILES string of the molecule is Fc1cc(F)c2ncnc(Cl)c2c1F. The van der Waals surface area contributed by atoms with Crippen molar-refractivity contribution in [1.82, 2.24) is 9.97 Å². The number of aromatic nitrogens is 2. The molecule has 0 radical (unpaired) electrons. The van der Waals surface area contributed by atoms with Crippen molar-refractivity contribution in [3.63, 3.8) is 0 Å². The van der Waals surface area contributed by atoms with E-state index in [1.54, 1.807) is 0 Å². The van der Waals surface area contributed by atoms with Gasteiger partial charge in [-0.3, -0.25) is 0 Å². The fourth-order valence-corrected chi connectivity index (χ4v) is 1.32. The van der Waals surface area contributed by atoms with E-state index in [0.717, 1.165) is 6.33 Å². The molecule has 0 amide bonds. The molecule has 0 atom stereocenters. The van der Waals surface area contributed by atoms with Gasteiger partial charge in [0.1, 0.15) is 17.0 Å². The summed E-state index contributed by atoms with van der Waals surface area (Å²) in [7, 11) is 0. The van der Waals surface area contributed by atoms with Gasteiger partial charge in [0.2, 0.25) is 0 Å². The number of halogens is 4. The summed E-state index contributed by atoms with van der Waals surface area (Å²) in [6.07, 6.45) is 0.977. The van der Waals surface area contributed by atoms with Gasteiger partial charge in [-0.1, -0.05) is 11.6 Å². The van der Waals surface area contributed by atoms with Crippen molar-refractivity contribution in [2.75, 3.05) is 0 Å². The van der Waals surface area contributed by atoms with Crippen molar-refractivity contribution in [2.24, 2.45) is 0 Å². The first-order chi connectivity index (χ1) is 6.61. The summed E-state index contributed by atoms with van der Waals surface area (Å²) >= 11 is 5.48. The molecule has 6 heteroatoms. The van der Waals surface area contributed by atoms with Gasteiger partial charge in [0.15, 0.2) is 17.5 Å². The molecule has 0 aliphatic carbocycles. The van der Waals surface area contributed by atoms with Crippen LogP contribution in [-0.4, -0.2) is 9.97 Å². The standard InChI is InChI=1S/C8H2ClF3N2/c9-8-5-6(12)3(10)1-4(11)7(5)13-2-14-8/h1-2H. The molecule has 72 valence electrons. The maximum Gasteiger partial charge on any atom is 0.171 e. The van der Waals surface area contributed by atoms with Gasteiger partial charge in [-0.05, 0) is 0 Å². The average molecular weight is 219 g/mol. The Morgan fingerprint density at radius 1 is 1.07 bits per heavy atom. The summed E-state index contributed by atoms with van der Waals surface area (Å²) in [6, 6.07) is 0.418. The van der Waals surface area contributed by atoms with Gasteiger partial charge >= 0.3 is 0 Å². The lowest BCUT2D eigenvalue weighted by molar-refractivity contribution is 0.505. The van der Waals surface area contributed by atoms with E-state index in [2.05, 4.69) is 9.97 Å². The van der Waals surface area contributed by atoms with E-state index in [0.29, 0.717) is 6.07 Å². The van der Waals surface area contributed by atoms with E-state index in [9.17, 15) is 13.2 Å². The molecule has 2 nitrogen and oxygen atoms in total. The summed E-state index contributed by atoms with van der Waals surface area (Å²) < 4.78 is 38.9. The predicted octanol–water partition coefficient (Wildman–Crippen LogP) is 2.70. The molecule has 0 aliphatic rings. The Morgan fingerprint density at radius 3 is 2.50 bits per heavy atom. The van der Waals surface area contributed by atoms with Crippen LogP contribution in [0.5, 0.6) is 0 Å². The highest BCUT2D eigenvalue weighted by atomic mass is 35.5. The van der Waals surface area contributed by atoms with Crippen LogP contribution in [0.4, 0.5) is 13.2 Å². The minimum Gasteiger partial charge on any atom is -0.233 e. The predicted molar refractivity (Wildman–Crippen MR) is 44.4 cm³/mol. The molecule has 14 heavy (non-hydrogen) atoms. The summed E-state index contributed by atoms with van der Waals surface area (Å²) in [6.45, 7) is 0. The van der Waals surface area contributed by atoms with E-state index in [-0.39, 0.29) is 10.7 Å². The molecular formula is C8H2ClF3N2. The topological polar surface area (TPSA) is 25.8 Å². The fourth-order valence-electron chi connectivity index (χ4n) is 1.10. The van der Waals surface area contributed by atoms with Crippen LogP contribution < -0.4 is 0 Å². The quantitative estimate of drug-likeness (QED) is 0.502. The number of hydrogen-bond acceptors (Lipinski definition) is 2. The zero-order valence-electron chi connectivity index (χ0n) is 6.56. The van der Waals surface area contributed by atoms with Crippen LogP contribution in [0.3, 0.4) is 0 Å². The highest BCUT2D eigenvalue weighted by molar-refractivity contribution is 6.34. The lowest BCUT2D eigenvalue weighted by Gasteiger charge is -2.01. The Hall–Kier alpha value is -1.36. The van der Waals surface area contributed by atoms with E-state index in [1.165, 1.54) is 0 Å². The Balaban J connectivity index is 3.03. The second-order valence-corrected chi connectivity index (χ2v) is 2.90. The van der Waals surface area contributed by atoms with E-state index >= 15 is 0 Å². The van der Waals surface area contributed by atoms with Crippen LogP contribution >= 0.6 is 11.6 Å². The third kappa shape index (κ3) is 1.21. The largest absolute Gasteiger partial charge is 0.233 e. The molecule has 0 fully saturated rings. The second kappa shape index (κ2) is 3.09. The van der Waals surface area contributed by atoms with Crippen molar-refractivity contribution < 1.29 is 13.2 Å².